The fourth-order valence-electron chi connectivity index (χ4n) is 2.88. The van der Waals surface area contributed by atoms with Gasteiger partial charge in [-0.25, -0.2) is 0 Å². The van der Waals surface area contributed by atoms with Gasteiger partial charge in [0.2, 0.25) is 5.91 Å². The van der Waals surface area contributed by atoms with Crippen LogP contribution in [0.25, 0.3) is 0 Å². The van der Waals surface area contributed by atoms with Gasteiger partial charge in [-0.3, -0.25) is 4.79 Å². The molecule has 0 aromatic heterocycles. The summed E-state index contributed by atoms with van der Waals surface area (Å²) in [4.78, 5) is 14.6. The van der Waals surface area contributed by atoms with Crippen LogP contribution in [-0.2, 0) is 16.0 Å². The van der Waals surface area contributed by atoms with E-state index in [2.05, 4.69) is 10.2 Å². The van der Waals surface area contributed by atoms with Gasteiger partial charge in [0.15, 0.2) is 0 Å². The molecule has 3 N–H and O–H groups in total. The molecule has 1 heterocycles. The molecule has 2 aromatic rings. The molecule has 0 spiro atoms. The summed E-state index contributed by atoms with van der Waals surface area (Å²) in [5.41, 5.74) is 9.58. The summed E-state index contributed by atoms with van der Waals surface area (Å²) in [7, 11) is 0. The number of hydrogen-bond donors (Lipinski definition) is 2. The molecule has 5 heteroatoms. The Kier molecular flexibility index (Phi) is 5.33. The van der Waals surface area contributed by atoms with Crippen LogP contribution in [-0.4, -0.2) is 32.2 Å². The number of benzene rings is 2. The highest BCUT2D eigenvalue weighted by Crippen LogP contribution is 2.26. The first-order valence-corrected chi connectivity index (χ1v) is 8.29. The number of nitrogens with two attached hydrogens (primary N) is 1. The molecule has 1 aliphatic heterocycles. The third-order valence-corrected chi connectivity index (χ3v) is 4.21. The zero-order valence-electron chi connectivity index (χ0n) is 13.7. The van der Waals surface area contributed by atoms with Gasteiger partial charge in [-0.1, -0.05) is 30.3 Å². The molecular formula is C19H23N3O2. The number of anilines is 3. The SMILES string of the molecule is Nc1ccccc1CCC(=O)Nc1ccccc1N1CCOCC1. The van der Waals surface area contributed by atoms with Crippen LogP contribution in [0.1, 0.15) is 12.0 Å². The van der Waals surface area contributed by atoms with E-state index < -0.39 is 0 Å². The molecule has 0 bridgehead atoms. The molecule has 24 heavy (non-hydrogen) atoms. The van der Waals surface area contributed by atoms with E-state index in [1.54, 1.807) is 0 Å². The zero-order chi connectivity index (χ0) is 16.8. The van der Waals surface area contributed by atoms with Crippen LogP contribution >= 0.6 is 0 Å². The topological polar surface area (TPSA) is 67.6 Å². The summed E-state index contributed by atoms with van der Waals surface area (Å²) in [5, 5.41) is 3.04. The molecule has 126 valence electrons. The van der Waals surface area contributed by atoms with Gasteiger partial charge in [-0.05, 0) is 30.2 Å². The average molecular weight is 325 g/mol. The number of rotatable bonds is 5. The van der Waals surface area contributed by atoms with Crippen molar-refractivity contribution < 1.29 is 9.53 Å². The Bertz CT molecular complexity index is 697. The molecule has 1 fully saturated rings. The summed E-state index contributed by atoms with van der Waals surface area (Å²) in [5.74, 6) is -0.000961. The summed E-state index contributed by atoms with van der Waals surface area (Å²) in [6, 6.07) is 15.6. The molecule has 1 aliphatic rings. The fourth-order valence-corrected chi connectivity index (χ4v) is 2.88. The molecule has 0 aliphatic carbocycles. The quantitative estimate of drug-likeness (QED) is 0.830. The Balaban J connectivity index is 1.63. The molecule has 1 saturated heterocycles. The molecule has 1 amide bonds. The number of hydrogen-bond acceptors (Lipinski definition) is 4. The average Bonchev–Trinajstić information content (AvgIpc) is 2.62. The lowest BCUT2D eigenvalue weighted by molar-refractivity contribution is -0.116. The number of para-hydroxylation sites is 3. The normalized spacial score (nSPS) is 14.4. The maximum Gasteiger partial charge on any atom is 0.224 e. The molecule has 3 rings (SSSR count). The number of aryl methyl sites for hydroxylation is 1. The van der Waals surface area contributed by atoms with Crippen molar-refractivity contribution in [3.05, 3.63) is 54.1 Å². The first-order chi connectivity index (χ1) is 11.7. The smallest absolute Gasteiger partial charge is 0.224 e. The number of nitrogens with zero attached hydrogens (tertiary/aromatic N) is 1. The van der Waals surface area contributed by atoms with Crippen molar-refractivity contribution in [1.82, 2.24) is 0 Å². The van der Waals surface area contributed by atoms with Crippen LogP contribution in [0.3, 0.4) is 0 Å². The van der Waals surface area contributed by atoms with Crippen LogP contribution in [0, 0.1) is 0 Å². The third kappa shape index (κ3) is 4.06. The van der Waals surface area contributed by atoms with Crippen molar-refractivity contribution in [3.8, 4) is 0 Å². The van der Waals surface area contributed by atoms with Crippen LogP contribution < -0.4 is 16.0 Å². The Labute approximate surface area is 142 Å². The molecule has 5 nitrogen and oxygen atoms in total. The van der Waals surface area contributed by atoms with E-state index in [1.807, 2.05) is 48.5 Å². The highest BCUT2D eigenvalue weighted by molar-refractivity contribution is 5.94. The number of carbonyl (C=O) groups excluding carboxylic acids is 1. The molecular weight excluding hydrogens is 302 g/mol. The monoisotopic (exact) mass is 325 g/mol. The van der Waals surface area contributed by atoms with Crippen molar-refractivity contribution in [2.24, 2.45) is 0 Å². The predicted molar refractivity (Wildman–Crippen MR) is 97.3 cm³/mol. The number of nitrogens with one attached hydrogen (secondary N) is 1. The second-order valence-corrected chi connectivity index (χ2v) is 5.86. The Morgan fingerprint density at radius 2 is 1.79 bits per heavy atom. The van der Waals surface area contributed by atoms with E-state index in [0.717, 1.165) is 48.9 Å². The van der Waals surface area contributed by atoms with Gasteiger partial charge in [0.1, 0.15) is 0 Å². The van der Waals surface area contributed by atoms with Gasteiger partial charge in [-0.2, -0.15) is 0 Å². The van der Waals surface area contributed by atoms with Crippen molar-refractivity contribution in [1.29, 1.82) is 0 Å². The zero-order valence-corrected chi connectivity index (χ0v) is 13.7. The standard InChI is InChI=1S/C19H23N3O2/c20-16-6-2-1-5-15(16)9-10-19(23)21-17-7-3-4-8-18(17)22-11-13-24-14-12-22/h1-8H,9-14,20H2,(H,21,23). The van der Waals surface area contributed by atoms with Gasteiger partial charge in [-0.15, -0.1) is 0 Å². The molecule has 0 unspecified atom stereocenters. The molecule has 0 atom stereocenters. The minimum absolute atomic E-state index is 0.000961. The highest BCUT2D eigenvalue weighted by atomic mass is 16.5. The minimum atomic E-state index is -0.000961. The number of carbonyl (C=O) groups is 1. The third-order valence-electron chi connectivity index (χ3n) is 4.21. The maximum atomic E-state index is 12.3. The van der Waals surface area contributed by atoms with E-state index in [1.165, 1.54) is 0 Å². The molecule has 2 aromatic carbocycles. The van der Waals surface area contributed by atoms with Crippen molar-refractivity contribution in [2.75, 3.05) is 42.3 Å². The lowest BCUT2D eigenvalue weighted by atomic mass is 10.1. The highest BCUT2D eigenvalue weighted by Gasteiger charge is 2.15. The summed E-state index contributed by atoms with van der Waals surface area (Å²) in [6.07, 6.45) is 1.05. The van der Waals surface area contributed by atoms with Gasteiger partial charge in [0.25, 0.3) is 0 Å². The summed E-state index contributed by atoms with van der Waals surface area (Å²) < 4.78 is 5.40. The van der Waals surface area contributed by atoms with Crippen LogP contribution in [0.4, 0.5) is 17.1 Å². The Morgan fingerprint density at radius 1 is 1.08 bits per heavy atom. The van der Waals surface area contributed by atoms with Gasteiger partial charge < -0.3 is 20.7 Å². The van der Waals surface area contributed by atoms with Crippen LogP contribution in [0.15, 0.2) is 48.5 Å². The van der Waals surface area contributed by atoms with Gasteiger partial charge >= 0.3 is 0 Å². The van der Waals surface area contributed by atoms with E-state index >= 15 is 0 Å². The Hall–Kier alpha value is -2.53. The van der Waals surface area contributed by atoms with E-state index in [0.29, 0.717) is 12.8 Å². The summed E-state index contributed by atoms with van der Waals surface area (Å²) in [6.45, 7) is 3.12. The maximum absolute atomic E-state index is 12.3. The number of nitrogen functional groups attached to an aromatic ring is 1. The van der Waals surface area contributed by atoms with Crippen LogP contribution in [0.5, 0.6) is 0 Å². The van der Waals surface area contributed by atoms with Crippen molar-refractivity contribution in [3.63, 3.8) is 0 Å². The number of ether oxygens (including phenoxy) is 1. The first kappa shape index (κ1) is 16.3. The Morgan fingerprint density at radius 3 is 2.58 bits per heavy atom. The van der Waals surface area contributed by atoms with E-state index in [-0.39, 0.29) is 5.91 Å². The fraction of sp³-hybridized carbons (Fsp3) is 0.316. The minimum Gasteiger partial charge on any atom is -0.399 e. The predicted octanol–water partition coefficient (Wildman–Crippen LogP) is 2.68. The van der Waals surface area contributed by atoms with E-state index in [9.17, 15) is 4.79 Å². The van der Waals surface area contributed by atoms with Gasteiger partial charge in [0.05, 0.1) is 24.6 Å². The lowest BCUT2D eigenvalue weighted by Crippen LogP contribution is -2.36. The summed E-state index contributed by atoms with van der Waals surface area (Å²) >= 11 is 0. The molecule has 0 saturated carbocycles. The molecule has 0 radical (unpaired) electrons. The van der Waals surface area contributed by atoms with Crippen molar-refractivity contribution >= 4 is 23.0 Å². The van der Waals surface area contributed by atoms with Crippen molar-refractivity contribution in [2.45, 2.75) is 12.8 Å². The van der Waals surface area contributed by atoms with Crippen LogP contribution in [0.2, 0.25) is 0 Å². The number of amides is 1. The second-order valence-electron chi connectivity index (χ2n) is 5.86. The lowest BCUT2D eigenvalue weighted by Gasteiger charge is -2.30. The van der Waals surface area contributed by atoms with Gasteiger partial charge in [0, 0.05) is 25.2 Å². The first-order valence-electron chi connectivity index (χ1n) is 8.29. The van der Waals surface area contributed by atoms with E-state index in [4.69, 9.17) is 10.5 Å². The largest absolute Gasteiger partial charge is 0.399 e. The second kappa shape index (κ2) is 7.84. The number of morpholine rings is 1.